The molecule has 0 aliphatic rings. The van der Waals surface area contributed by atoms with E-state index in [0.717, 1.165) is 28.5 Å². The number of thioether (sulfide) groups is 1. The fraction of sp³-hybridized carbons (Fsp3) is 0.500. The lowest BCUT2D eigenvalue weighted by Crippen LogP contribution is -2.33. The first-order chi connectivity index (χ1) is 7.82. The van der Waals surface area contributed by atoms with Gasteiger partial charge in [-0.1, -0.05) is 29.3 Å². The Morgan fingerprint density at radius 2 is 1.71 bits per heavy atom. The lowest BCUT2D eigenvalue weighted by atomic mass is 10.1. The predicted octanol–water partition coefficient (Wildman–Crippen LogP) is 3.43. The molecule has 0 aromatic heterocycles. The summed E-state index contributed by atoms with van der Waals surface area (Å²) in [7, 11) is 0. The van der Waals surface area contributed by atoms with Gasteiger partial charge in [0.1, 0.15) is 5.25 Å². The molecule has 0 amide bonds. The average molecular weight is 263 g/mol. The Hall–Kier alpha value is -0.680. The molecule has 0 saturated carbocycles. The summed E-state index contributed by atoms with van der Waals surface area (Å²) in [6.45, 7) is 3.50. The van der Waals surface area contributed by atoms with Gasteiger partial charge in [-0.2, -0.15) is 13.2 Å². The molecule has 1 unspecified atom stereocenters. The van der Waals surface area contributed by atoms with Crippen molar-refractivity contribution in [2.45, 2.75) is 31.0 Å². The maximum atomic E-state index is 12.5. The summed E-state index contributed by atoms with van der Waals surface area (Å²) in [5, 5.41) is -1.48. The number of alkyl halides is 3. The van der Waals surface area contributed by atoms with Gasteiger partial charge >= 0.3 is 6.18 Å². The molecular formula is C12H16F3NS. The van der Waals surface area contributed by atoms with Crippen molar-refractivity contribution in [2.24, 2.45) is 5.73 Å². The fourth-order valence-corrected chi connectivity index (χ4v) is 2.53. The summed E-state index contributed by atoms with van der Waals surface area (Å²) >= 11 is 0.849. The highest BCUT2D eigenvalue weighted by Gasteiger charge is 2.38. The first-order valence-corrected chi connectivity index (χ1v) is 6.33. The summed E-state index contributed by atoms with van der Waals surface area (Å²) in [6.07, 6.45) is -4.22. The maximum absolute atomic E-state index is 12.5. The number of hydrogen-bond acceptors (Lipinski definition) is 2. The lowest BCUT2D eigenvalue weighted by molar-refractivity contribution is -0.126. The number of rotatable bonds is 4. The van der Waals surface area contributed by atoms with Crippen molar-refractivity contribution in [3.05, 3.63) is 34.9 Å². The van der Waals surface area contributed by atoms with Gasteiger partial charge in [0.2, 0.25) is 0 Å². The number of halogens is 3. The van der Waals surface area contributed by atoms with Crippen LogP contribution in [0.1, 0.15) is 16.7 Å². The van der Waals surface area contributed by atoms with Gasteiger partial charge in [0.05, 0.1) is 0 Å². The monoisotopic (exact) mass is 263 g/mol. The van der Waals surface area contributed by atoms with Crippen LogP contribution >= 0.6 is 11.8 Å². The Balaban J connectivity index is 2.66. The number of benzene rings is 1. The second kappa shape index (κ2) is 5.78. The summed E-state index contributed by atoms with van der Waals surface area (Å²) in [4.78, 5) is 0. The van der Waals surface area contributed by atoms with Crippen molar-refractivity contribution >= 4 is 11.8 Å². The van der Waals surface area contributed by atoms with Crippen LogP contribution in [0.2, 0.25) is 0 Å². The van der Waals surface area contributed by atoms with E-state index in [9.17, 15) is 13.2 Å². The standard InChI is InChI=1S/C12H16F3NS/c1-8-3-9(2)5-10(4-8)7-17-11(6-16)12(13,14)15/h3-5,11H,6-7,16H2,1-2H3. The number of aryl methyl sites for hydroxylation is 2. The molecule has 0 fully saturated rings. The van der Waals surface area contributed by atoms with E-state index in [1.54, 1.807) is 0 Å². The molecule has 0 bridgehead atoms. The highest BCUT2D eigenvalue weighted by atomic mass is 32.2. The van der Waals surface area contributed by atoms with Gasteiger partial charge < -0.3 is 5.73 Å². The van der Waals surface area contributed by atoms with Crippen LogP contribution in [0.25, 0.3) is 0 Å². The molecule has 0 aliphatic carbocycles. The molecule has 1 rings (SSSR count). The Morgan fingerprint density at radius 1 is 1.18 bits per heavy atom. The first-order valence-electron chi connectivity index (χ1n) is 5.28. The van der Waals surface area contributed by atoms with E-state index in [4.69, 9.17) is 5.73 Å². The van der Waals surface area contributed by atoms with Crippen molar-refractivity contribution in [3.63, 3.8) is 0 Å². The zero-order valence-corrected chi connectivity index (χ0v) is 10.7. The van der Waals surface area contributed by atoms with E-state index >= 15 is 0 Å². The van der Waals surface area contributed by atoms with Gasteiger partial charge in [0, 0.05) is 12.3 Å². The summed E-state index contributed by atoms with van der Waals surface area (Å²) in [5.74, 6) is 0.337. The predicted molar refractivity (Wildman–Crippen MR) is 66.1 cm³/mol. The zero-order chi connectivity index (χ0) is 13.1. The molecule has 1 aromatic rings. The summed E-state index contributed by atoms with van der Waals surface area (Å²) in [6, 6.07) is 5.81. The summed E-state index contributed by atoms with van der Waals surface area (Å²) < 4.78 is 37.4. The molecule has 1 aromatic carbocycles. The van der Waals surface area contributed by atoms with Crippen LogP contribution in [-0.4, -0.2) is 18.0 Å². The van der Waals surface area contributed by atoms with E-state index < -0.39 is 11.4 Å². The number of hydrogen-bond donors (Lipinski definition) is 1. The highest BCUT2D eigenvalue weighted by molar-refractivity contribution is 7.99. The van der Waals surface area contributed by atoms with Crippen LogP contribution in [0.4, 0.5) is 13.2 Å². The molecule has 2 N–H and O–H groups in total. The Bertz CT molecular complexity index is 356. The van der Waals surface area contributed by atoms with Crippen LogP contribution in [0.3, 0.4) is 0 Å². The molecule has 0 saturated heterocycles. The molecule has 0 spiro atoms. The van der Waals surface area contributed by atoms with Crippen molar-refractivity contribution in [2.75, 3.05) is 6.54 Å². The van der Waals surface area contributed by atoms with Gasteiger partial charge in [-0.3, -0.25) is 0 Å². The third-order valence-corrected chi connectivity index (χ3v) is 3.67. The molecule has 0 aliphatic heterocycles. The van der Waals surface area contributed by atoms with Gasteiger partial charge in [0.25, 0.3) is 0 Å². The molecule has 1 atom stereocenters. The van der Waals surface area contributed by atoms with Gasteiger partial charge in [-0.25, -0.2) is 0 Å². The normalized spacial score (nSPS) is 13.8. The molecule has 0 heterocycles. The van der Waals surface area contributed by atoms with E-state index in [1.165, 1.54) is 0 Å². The third kappa shape index (κ3) is 4.60. The maximum Gasteiger partial charge on any atom is 0.401 e. The lowest BCUT2D eigenvalue weighted by Gasteiger charge is -2.18. The minimum atomic E-state index is -4.22. The first kappa shape index (κ1) is 14.4. The van der Waals surface area contributed by atoms with Crippen LogP contribution in [-0.2, 0) is 5.75 Å². The highest BCUT2D eigenvalue weighted by Crippen LogP contribution is 2.31. The van der Waals surface area contributed by atoms with Crippen LogP contribution in [0, 0.1) is 13.8 Å². The van der Waals surface area contributed by atoms with Crippen LogP contribution in [0.5, 0.6) is 0 Å². The van der Waals surface area contributed by atoms with Gasteiger partial charge in [0.15, 0.2) is 0 Å². The minimum Gasteiger partial charge on any atom is -0.329 e. The Labute approximate surface area is 104 Å². The SMILES string of the molecule is Cc1cc(C)cc(CSC(CN)C(F)(F)F)c1. The Morgan fingerprint density at radius 3 is 2.12 bits per heavy atom. The Kier molecular flexibility index (Phi) is 4.89. The van der Waals surface area contributed by atoms with E-state index in [0.29, 0.717) is 5.75 Å². The molecule has 5 heteroatoms. The zero-order valence-electron chi connectivity index (χ0n) is 9.84. The van der Waals surface area contributed by atoms with E-state index in [2.05, 4.69) is 0 Å². The topological polar surface area (TPSA) is 26.0 Å². The quantitative estimate of drug-likeness (QED) is 0.900. The van der Waals surface area contributed by atoms with E-state index in [1.807, 2.05) is 32.0 Å². The van der Waals surface area contributed by atoms with Crippen molar-refractivity contribution in [1.82, 2.24) is 0 Å². The van der Waals surface area contributed by atoms with Crippen LogP contribution < -0.4 is 5.73 Å². The molecular weight excluding hydrogens is 247 g/mol. The average Bonchev–Trinajstić information content (AvgIpc) is 2.14. The second-order valence-corrected chi connectivity index (χ2v) is 5.26. The van der Waals surface area contributed by atoms with Crippen molar-refractivity contribution < 1.29 is 13.2 Å². The van der Waals surface area contributed by atoms with Crippen molar-refractivity contribution in [3.8, 4) is 0 Å². The minimum absolute atomic E-state index is 0.337. The molecule has 1 nitrogen and oxygen atoms in total. The van der Waals surface area contributed by atoms with E-state index in [-0.39, 0.29) is 6.54 Å². The summed E-state index contributed by atoms with van der Waals surface area (Å²) in [5.41, 5.74) is 8.19. The second-order valence-electron chi connectivity index (χ2n) is 4.07. The molecule has 96 valence electrons. The van der Waals surface area contributed by atoms with Gasteiger partial charge in [-0.05, 0) is 19.4 Å². The number of nitrogens with two attached hydrogens (primary N) is 1. The molecule has 17 heavy (non-hydrogen) atoms. The fourth-order valence-electron chi connectivity index (χ4n) is 1.65. The van der Waals surface area contributed by atoms with Crippen LogP contribution in [0.15, 0.2) is 18.2 Å². The molecule has 0 radical (unpaired) electrons. The van der Waals surface area contributed by atoms with Gasteiger partial charge in [-0.15, -0.1) is 11.8 Å². The largest absolute Gasteiger partial charge is 0.401 e. The smallest absolute Gasteiger partial charge is 0.329 e. The third-order valence-electron chi connectivity index (χ3n) is 2.31. The van der Waals surface area contributed by atoms with Crippen molar-refractivity contribution in [1.29, 1.82) is 0 Å².